The summed E-state index contributed by atoms with van der Waals surface area (Å²) in [6.07, 6.45) is 1.78. The minimum atomic E-state index is -0.383. The lowest BCUT2D eigenvalue weighted by Crippen LogP contribution is -2.20. The third kappa shape index (κ3) is 6.25. The van der Waals surface area contributed by atoms with Crippen LogP contribution in [0.1, 0.15) is 30.1 Å². The SMILES string of the molecule is CCCCOC(=O)c1ccc(NC(=O)COc2ccc(F)cc2)cc1. The molecule has 6 heteroatoms. The molecular formula is C19H20FNO4. The van der Waals surface area contributed by atoms with Gasteiger partial charge in [-0.25, -0.2) is 9.18 Å². The molecule has 5 nitrogen and oxygen atoms in total. The van der Waals surface area contributed by atoms with E-state index < -0.39 is 0 Å². The quantitative estimate of drug-likeness (QED) is 0.584. The summed E-state index contributed by atoms with van der Waals surface area (Å²) in [5, 5.41) is 2.65. The van der Waals surface area contributed by atoms with Gasteiger partial charge in [0, 0.05) is 5.69 Å². The van der Waals surface area contributed by atoms with E-state index in [9.17, 15) is 14.0 Å². The van der Waals surface area contributed by atoms with Crippen molar-refractivity contribution >= 4 is 17.6 Å². The highest BCUT2D eigenvalue weighted by atomic mass is 19.1. The molecular weight excluding hydrogens is 325 g/mol. The van der Waals surface area contributed by atoms with Crippen LogP contribution in [0.5, 0.6) is 5.75 Å². The van der Waals surface area contributed by atoms with E-state index in [1.165, 1.54) is 24.3 Å². The smallest absolute Gasteiger partial charge is 0.338 e. The Hall–Kier alpha value is -2.89. The summed E-state index contributed by atoms with van der Waals surface area (Å²) in [6, 6.07) is 11.8. The molecule has 0 aromatic heterocycles. The monoisotopic (exact) mass is 345 g/mol. The topological polar surface area (TPSA) is 64.6 Å². The van der Waals surface area contributed by atoms with Gasteiger partial charge in [0.1, 0.15) is 11.6 Å². The molecule has 2 rings (SSSR count). The average Bonchev–Trinajstić information content (AvgIpc) is 2.62. The number of amides is 1. The van der Waals surface area contributed by atoms with Crippen LogP contribution in [0.4, 0.5) is 10.1 Å². The van der Waals surface area contributed by atoms with Crippen LogP contribution in [0, 0.1) is 5.82 Å². The summed E-state index contributed by atoms with van der Waals surface area (Å²) in [5.74, 6) is -0.708. The summed E-state index contributed by atoms with van der Waals surface area (Å²) < 4.78 is 23.2. The van der Waals surface area contributed by atoms with Crippen LogP contribution < -0.4 is 10.1 Å². The normalized spacial score (nSPS) is 10.2. The Labute approximate surface area is 145 Å². The van der Waals surface area contributed by atoms with Gasteiger partial charge in [-0.15, -0.1) is 0 Å². The van der Waals surface area contributed by atoms with Crippen molar-refractivity contribution < 1.29 is 23.5 Å². The molecule has 0 aliphatic heterocycles. The van der Waals surface area contributed by atoms with Crippen LogP contribution in [0.3, 0.4) is 0 Å². The standard InChI is InChI=1S/C19H20FNO4/c1-2-3-12-24-19(23)14-4-8-16(9-5-14)21-18(22)13-25-17-10-6-15(20)7-11-17/h4-11H,2-3,12-13H2,1H3,(H,21,22). The molecule has 0 bridgehead atoms. The number of hydrogen-bond acceptors (Lipinski definition) is 4. The first-order chi connectivity index (χ1) is 12.1. The number of hydrogen-bond donors (Lipinski definition) is 1. The molecule has 0 radical (unpaired) electrons. The Balaban J connectivity index is 1.80. The molecule has 0 spiro atoms. The van der Waals surface area contributed by atoms with Crippen molar-refractivity contribution in [3.63, 3.8) is 0 Å². The van der Waals surface area contributed by atoms with Gasteiger partial charge in [-0.1, -0.05) is 13.3 Å². The molecule has 0 saturated heterocycles. The summed E-state index contributed by atoms with van der Waals surface area (Å²) in [7, 11) is 0. The number of benzene rings is 2. The maximum Gasteiger partial charge on any atom is 0.338 e. The first kappa shape index (κ1) is 18.4. The summed E-state index contributed by atoms with van der Waals surface area (Å²) >= 11 is 0. The lowest BCUT2D eigenvalue weighted by Gasteiger charge is -2.08. The van der Waals surface area contributed by atoms with E-state index in [1.54, 1.807) is 24.3 Å². The number of esters is 1. The van der Waals surface area contributed by atoms with E-state index >= 15 is 0 Å². The van der Waals surface area contributed by atoms with E-state index in [2.05, 4.69) is 5.32 Å². The minimum Gasteiger partial charge on any atom is -0.484 e. The van der Waals surface area contributed by atoms with E-state index in [1.807, 2.05) is 6.92 Å². The number of halogens is 1. The summed E-state index contributed by atoms with van der Waals surface area (Å²) in [6.45, 7) is 2.21. The molecule has 1 amide bonds. The molecule has 0 unspecified atom stereocenters. The molecule has 0 saturated carbocycles. The van der Waals surface area contributed by atoms with Gasteiger partial charge in [0.05, 0.1) is 12.2 Å². The number of carbonyl (C=O) groups excluding carboxylic acids is 2. The Morgan fingerprint density at radius 2 is 1.72 bits per heavy atom. The zero-order chi connectivity index (χ0) is 18.1. The van der Waals surface area contributed by atoms with Gasteiger partial charge in [0.15, 0.2) is 6.61 Å². The van der Waals surface area contributed by atoms with Crippen LogP contribution in [0.2, 0.25) is 0 Å². The number of rotatable bonds is 8. The predicted molar refractivity (Wildman–Crippen MR) is 92.2 cm³/mol. The molecule has 0 atom stereocenters. The highest BCUT2D eigenvalue weighted by molar-refractivity contribution is 5.93. The van der Waals surface area contributed by atoms with Gasteiger partial charge < -0.3 is 14.8 Å². The number of nitrogens with one attached hydrogen (secondary N) is 1. The average molecular weight is 345 g/mol. The van der Waals surface area contributed by atoms with Gasteiger partial charge in [-0.3, -0.25) is 4.79 Å². The summed E-state index contributed by atoms with van der Waals surface area (Å²) in [5.41, 5.74) is 0.967. The summed E-state index contributed by atoms with van der Waals surface area (Å²) in [4.78, 5) is 23.6. The van der Waals surface area contributed by atoms with Crippen molar-refractivity contribution in [3.8, 4) is 5.75 Å². The number of unbranched alkanes of at least 4 members (excludes halogenated alkanes) is 1. The third-order valence-corrected chi connectivity index (χ3v) is 3.32. The lowest BCUT2D eigenvalue weighted by molar-refractivity contribution is -0.118. The fourth-order valence-electron chi connectivity index (χ4n) is 1.96. The van der Waals surface area contributed by atoms with Crippen molar-refractivity contribution in [3.05, 3.63) is 59.9 Å². The first-order valence-corrected chi connectivity index (χ1v) is 8.04. The highest BCUT2D eigenvalue weighted by Gasteiger charge is 2.08. The molecule has 0 heterocycles. The Kier molecular flexibility index (Phi) is 6.95. The Morgan fingerprint density at radius 3 is 2.36 bits per heavy atom. The molecule has 25 heavy (non-hydrogen) atoms. The number of anilines is 1. The van der Waals surface area contributed by atoms with Crippen LogP contribution in [0.15, 0.2) is 48.5 Å². The van der Waals surface area contributed by atoms with Crippen molar-refractivity contribution in [1.29, 1.82) is 0 Å². The maximum atomic E-state index is 12.8. The fraction of sp³-hybridized carbons (Fsp3) is 0.263. The van der Waals surface area contributed by atoms with E-state index in [4.69, 9.17) is 9.47 Å². The molecule has 0 aliphatic rings. The maximum absolute atomic E-state index is 12.8. The minimum absolute atomic E-state index is 0.202. The number of carbonyl (C=O) groups is 2. The van der Waals surface area contributed by atoms with Crippen molar-refractivity contribution in [2.75, 3.05) is 18.5 Å². The zero-order valence-electron chi connectivity index (χ0n) is 14.0. The predicted octanol–water partition coefficient (Wildman–Crippen LogP) is 3.80. The zero-order valence-corrected chi connectivity index (χ0v) is 14.0. The largest absolute Gasteiger partial charge is 0.484 e. The number of ether oxygens (including phenoxy) is 2. The van der Waals surface area contributed by atoms with Crippen molar-refractivity contribution in [2.45, 2.75) is 19.8 Å². The van der Waals surface area contributed by atoms with Gasteiger partial charge in [-0.05, 0) is 55.0 Å². The van der Waals surface area contributed by atoms with Gasteiger partial charge in [-0.2, -0.15) is 0 Å². The van der Waals surface area contributed by atoms with E-state index in [0.29, 0.717) is 23.6 Å². The second-order valence-corrected chi connectivity index (χ2v) is 5.36. The van der Waals surface area contributed by atoms with E-state index in [0.717, 1.165) is 12.8 Å². The van der Waals surface area contributed by atoms with Crippen LogP contribution in [-0.4, -0.2) is 25.1 Å². The highest BCUT2D eigenvalue weighted by Crippen LogP contribution is 2.13. The third-order valence-electron chi connectivity index (χ3n) is 3.32. The van der Waals surface area contributed by atoms with Crippen LogP contribution in [-0.2, 0) is 9.53 Å². The fourth-order valence-corrected chi connectivity index (χ4v) is 1.96. The van der Waals surface area contributed by atoms with Gasteiger partial charge in [0.25, 0.3) is 5.91 Å². The van der Waals surface area contributed by atoms with Gasteiger partial charge >= 0.3 is 5.97 Å². The molecule has 132 valence electrons. The van der Waals surface area contributed by atoms with Gasteiger partial charge in [0.2, 0.25) is 0 Å². The van der Waals surface area contributed by atoms with Crippen LogP contribution >= 0.6 is 0 Å². The Morgan fingerprint density at radius 1 is 1.04 bits per heavy atom. The molecule has 0 fully saturated rings. The Bertz CT molecular complexity index is 698. The molecule has 2 aromatic rings. The van der Waals surface area contributed by atoms with Crippen molar-refractivity contribution in [2.24, 2.45) is 0 Å². The second kappa shape index (κ2) is 9.42. The lowest BCUT2D eigenvalue weighted by atomic mass is 10.2. The molecule has 1 N–H and O–H groups in total. The molecule has 0 aliphatic carbocycles. The second-order valence-electron chi connectivity index (χ2n) is 5.36. The van der Waals surface area contributed by atoms with Crippen LogP contribution in [0.25, 0.3) is 0 Å². The van der Waals surface area contributed by atoms with Crippen molar-refractivity contribution in [1.82, 2.24) is 0 Å². The van der Waals surface area contributed by atoms with E-state index in [-0.39, 0.29) is 24.3 Å². The first-order valence-electron chi connectivity index (χ1n) is 8.04. The molecule has 2 aromatic carbocycles.